The average molecular weight is 173 g/mol. The third kappa shape index (κ3) is 2.81. The van der Waals surface area contributed by atoms with E-state index in [4.69, 9.17) is 5.11 Å². The van der Waals surface area contributed by atoms with Gasteiger partial charge in [-0.2, -0.15) is 0 Å². The van der Waals surface area contributed by atoms with Crippen LogP contribution in [0.5, 0.6) is 0 Å². The first-order valence-corrected chi connectivity index (χ1v) is 4.34. The summed E-state index contributed by atoms with van der Waals surface area (Å²) in [5, 5.41) is 9.05. The summed E-state index contributed by atoms with van der Waals surface area (Å²) in [6, 6.07) is 0. The second-order valence-corrected chi connectivity index (χ2v) is 3.64. The number of aliphatic hydroxyl groups is 1. The van der Waals surface area contributed by atoms with Crippen LogP contribution in [0.2, 0.25) is 0 Å². The van der Waals surface area contributed by atoms with Crippen molar-refractivity contribution in [2.45, 2.75) is 39.7 Å². The van der Waals surface area contributed by atoms with Crippen LogP contribution in [0.4, 0.5) is 0 Å². The van der Waals surface area contributed by atoms with E-state index in [9.17, 15) is 4.79 Å². The largest absolute Gasteiger partial charge is 0.394 e. The van der Waals surface area contributed by atoms with E-state index in [-0.39, 0.29) is 12.5 Å². The van der Waals surface area contributed by atoms with Crippen LogP contribution in [0.25, 0.3) is 0 Å². The van der Waals surface area contributed by atoms with Crippen LogP contribution in [-0.2, 0) is 4.79 Å². The lowest BCUT2D eigenvalue weighted by molar-refractivity contribution is -0.135. The first-order valence-electron chi connectivity index (χ1n) is 4.34. The van der Waals surface area contributed by atoms with Crippen molar-refractivity contribution in [1.82, 2.24) is 4.90 Å². The molecule has 0 saturated carbocycles. The molecule has 0 aliphatic carbocycles. The standard InChI is InChI=1S/C9H19NO2/c1-5-6-10(8(2)12)9(3,4)7-11/h11H,5-7H2,1-4H3. The normalized spacial score (nSPS) is 11.4. The number of rotatable bonds is 4. The van der Waals surface area contributed by atoms with Gasteiger partial charge in [0.15, 0.2) is 0 Å². The van der Waals surface area contributed by atoms with E-state index in [0.717, 1.165) is 6.42 Å². The van der Waals surface area contributed by atoms with Gasteiger partial charge in [0, 0.05) is 13.5 Å². The Morgan fingerprint density at radius 2 is 2.00 bits per heavy atom. The number of carbonyl (C=O) groups excluding carboxylic acids is 1. The maximum Gasteiger partial charge on any atom is 0.219 e. The van der Waals surface area contributed by atoms with Crippen LogP contribution in [0, 0.1) is 0 Å². The fourth-order valence-electron chi connectivity index (χ4n) is 1.20. The Labute approximate surface area is 74.4 Å². The fraction of sp³-hybridized carbons (Fsp3) is 0.889. The Bertz CT molecular complexity index is 155. The molecule has 0 aromatic carbocycles. The number of carbonyl (C=O) groups is 1. The number of amides is 1. The lowest BCUT2D eigenvalue weighted by Gasteiger charge is -2.36. The molecule has 12 heavy (non-hydrogen) atoms. The van der Waals surface area contributed by atoms with Crippen molar-refractivity contribution in [3.05, 3.63) is 0 Å². The van der Waals surface area contributed by atoms with Gasteiger partial charge in [-0.3, -0.25) is 4.79 Å². The van der Waals surface area contributed by atoms with Gasteiger partial charge in [-0.1, -0.05) is 6.92 Å². The van der Waals surface area contributed by atoms with Gasteiger partial charge in [0.2, 0.25) is 5.91 Å². The second-order valence-electron chi connectivity index (χ2n) is 3.64. The predicted molar refractivity (Wildman–Crippen MR) is 48.8 cm³/mol. The minimum atomic E-state index is -0.429. The predicted octanol–water partition coefficient (Wildman–Crippen LogP) is 1.02. The Morgan fingerprint density at radius 1 is 1.50 bits per heavy atom. The van der Waals surface area contributed by atoms with Gasteiger partial charge in [-0.05, 0) is 20.3 Å². The van der Waals surface area contributed by atoms with Crippen LogP contribution in [0.1, 0.15) is 34.1 Å². The molecule has 0 radical (unpaired) electrons. The van der Waals surface area contributed by atoms with Crippen molar-refractivity contribution in [3.63, 3.8) is 0 Å². The van der Waals surface area contributed by atoms with E-state index in [1.54, 1.807) is 4.90 Å². The summed E-state index contributed by atoms with van der Waals surface area (Å²) in [7, 11) is 0. The molecule has 0 bridgehead atoms. The minimum Gasteiger partial charge on any atom is -0.394 e. The van der Waals surface area contributed by atoms with Crippen molar-refractivity contribution >= 4 is 5.91 Å². The summed E-state index contributed by atoms with van der Waals surface area (Å²) in [4.78, 5) is 12.9. The Morgan fingerprint density at radius 3 is 2.25 bits per heavy atom. The molecule has 0 saturated heterocycles. The highest BCUT2D eigenvalue weighted by Gasteiger charge is 2.26. The molecule has 0 aromatic rings. The fourth-order valence-corrected chi connectivity index (χ4v) is 1.20. The van der Waals surface area contributed by atoms with E-state index in [0.29, 0.717) is 6.54 Å². The quantitative estimate of drug-likeness (QED) is 0.689. The minimum absolute atomic E-state index is 0.00653. The summed E-state index contributed by atoms with van der Waals surface area (Å²) in [5.74, 6) is 0.0240. The molecule has 0 aromatic heterocycles. The zero-order chi connectivity index (χ0) is 9.78. The van der Waals surface area contributed by atoms with Gasteiger partial charge in [-0.25, -0.2) is 0 Å². The highest BCUT2D eigenvalue weighted by Crippen LogP contribution is 2.13. The van der Waals surface area contributed by atoms with E-state index in [1.165, 1.54) is 6.92 Å². The first-order chi connectivity index (χ1) is 5.45. The molecule has 3 nitrogen and oxygen atoms in total. The molecule has 0 heterocycles. The third-order valence-electron chi connectivity index (χ3n) is 1.94. The molecule has 0 aliphatic rings. The summed E-state index contributed by atoms with van der Waals surface area (Å²) >= 11 is 0. The highest BCUT2D eigenvalue weighted by molar-refractivity contribution is 5.74. The van der Waals surface area contributed by atoms with Crippen LogP contribution >= 0.6 is 0 Å². The molecule has 0 rings (SSSR count). The van der Waals surface area contributed by atoms with Gasteiger partial charge in [0.1, 0.15) is 0 Å². The number of hydrogen-bond acceptors (Lipinski definition) is 2. The molecule has 72 valence electrons. The summed E-state index contributed by atoms with van der Waals surface area (Å²) < 4.78 is 0. The molecular weight excluding hydrogens is 154 g/mol. The van der Waals surface area contributed by atoms with Gasteiger partial charge < -0.3 is 10.0 Å². The number of aliphatic hydroxyl groups excluding tert-OH is 1. The van der Waals surface area contributed by atoms with Crippen LogP contribution in [-0.4, -0.2) is 34.6 Å². The van der Waals surface area contributed by atoms with Gasteiger partial charge in [0.05, 0.1) is 12.1 Å². The number of hydrogen-bond donors (Lipinski definition) is 1. The summed E-state index contributed by atoms with van der Waals surface area (Å²) in [6.07, 6.45) is 0.920. The molecular formula is C9H19NO2. The third-order valence-corrected chi connectivity index (χ3v) is 1.94. The molecule has 0 aliphatic heterocycles. The Kier molecular flexibility index (Phi) is 4.24. The average Bonchev–Trinajstić information content (AvgIpc) is 1.99. The maximum atomic E-state index is 11.2. The molecule has 0 unspecified atom stereocenters. The smallest absolute Gasteiger partial charge is 0.219 e. The molecule has 0 spiro atoms. The van der Waals surface area contributed by atoms with Crippen molar-refractivity contribution < 1.29 is 9.90 Å². The van der Waals surface area contributed by atoms with Crippen molar-refractivity contribution in [3.8, 4) is 0 Å². The molecule has 3 heteroatoms. The van der Waals surface area contributed by atoms with E-state index >= 15 is 0 Å². The Balaban J connectivity index is 4.38. The topological polar surface area (TPSA) is 40.5 Å². The van der Waals surface area contributed by atoms with Crippen molar-refractivity contribution in [2.75, 3.05) is 13.2 Å². The van der Waals surface area contributed by atoms with Crippen molar-refractivity contribution in [2.24, 2.45) is 0 Å². The zero-order valence-electron chi connectivity index (χ0n) is 8.42. The van der Waals surface area contributed by atoms with Gasteiger partial charge >= 0.3 is 0 Å². The van der Waals surface area contributed by atoms with Crippen LogP contribution in [0.15, 0.2) is 0 Å². The molecule has 0 atom stereocenters. The molecule has 0 fully saturated rings. The van der Waals surface area contributed by atoms with Crippen LogP contribution in [0.3, 0.4) is 0 Å². The van der Waals surface area contributed by atoms with E-state index < -0.39 is 5.54 Å². The monoisotopic (exact) mass is 173 g/mol. The van der Waals surface area contributed by atoms with E-state index in [2.05, 4.69) is 0 Å². The van der Waals surface area contributed by atoms with Crippen LogP contribution < -0.4 is 0 Å². The van der Waals surface area contributed by atoms with Gasteiger partial charge in [0.25, 0.3) is 0 Å². The SMILES string of the molecule is CCCN(C(C)=O)C(C)(C)CO. The highest BCUT2D eigenvalue weighted by atomic mass is 16.3. The summed E-state index contributed by atoms with van der Waals surface area (Å²) in [5.41, 5.74) is -0.429. The first kappa shape index (κ1) is 11.4. The maximum absolute atomic E-state index is 11.2. The molecule has 1 amide bonds. The van der Waals surface area contributed by atoms with Gasteiger partial charge in [-0.15, -0.1) is 0 Å². The lowest BCUT2D eigenvalue weighted by Crippen LogP contribution is -2.49. The second kappa shape index (κ2) is 4.45. The van der Waals surface area contributed by atoms with Crippen molar-refractivity contribution in [1.29, 1.82) is 0 Å². The molecule has 1 N–H and O–H groups in total. The number of nitrogens with zero attached hydrogens (tertiary/aromatic N) is 1. The lowest BCUT2D eigenvalue weighted by atomic mass is 10.0. The van der Waals surface area contributed by atoms with E-state index in [1.807, 2.05) is 20.8 Å². The zero-order valence-corrected chi connectivity index (χ0v) is 8.42. The Hall–Kier alpha value is -0.570. The summed E-state index contributed by atoms with van der Waals surface area (Å²) in [6.45, 7) is 8.00.